The van der Waals surface area contributed by atoms with Crippen molar-refractivity contribution in [3.8, 4) is 17.1 Å². The van der Waals surface area contributed by atoms with Gasteiger partial charge in [0.2, 0.25) is 21.1 Å². The van der Waals surface area contributed by atoms with E-state index in [1.165, 1.54) is 16.1 Å². The summed E-state index contributed by atoms with van der Waals surface area (Å²) in [4.78, 5) is 17.5. The fourth-order valence-electron chi connectivity index (χ4n) is 4.12. The van der Waals surface area contributed by atoms with E-state index in [-0.39, 0.29) is 23.3 Å². The number of benzene rings is 2. The van der Waals surface area contributed by atoms with Crippen molar-refractivity contribution in [2.24, 2.45) is 5.92 Å². The molecule has 1 amide bonds. The molecule has 4 rings (SSSR count). The first-order valence-corrected chi connectivity index (χ1v) is 14.4. The molecular formula is C25H31N5O4S2. The van der Waals surface area contributed by atoms with Crippen LogP contribution in [0.25, 0.3) is 11.4 Å². The van der Waals surface area contributed by atoms with Gasteiger partial charge in [-0.3, -0.25) is 9.89 Å². The van der Waals surface area contributed by atoms with Crippen LogP contribution in [0.5, 0.6) is 5.75 Å². The zero-order valence-electron chi connectivity index (χ0n) is 20.4. The number of aromatic amines is 1. The van der Waals surface area contributed by atoms with Crippen LogP contribution in [0.4, 0.5) is 0 Å². The minimum Gasteiger partial charge on any atom is -0.494 e. The Morgan fingerprint density at radius 1 is 1.25 bits per heavy atom. The van der Waals surface area contributed by atoms with Crippen LogP contribution in [0.3, 0.4) is 0 Å². The number of hydrogen-bond acceptors (Lipinski definition) is 7. The number of carbonyl (C=O) groups excluding carboxylic acids is 1. The average molecular weight is 530 g/mol. The van der Waals surface area contributed by atoms with Gasteiger partial charge in [-0.2, -0.15) is 4.31 Å². The largest absolute Gasteiger partial charge is 0.494 e. The number of carbonyl (C=O) groups is 1. The van der Waals surface area contributed by atoms with Crippen molar-refractivity contribution >= 4 is 27.7 Å². The number of nitrogens with one attached hydrogen (secondary N) is 2. The highest BCUT2D eigenvalue weighted by atomic mass is 32.2. The molecule has 11 heteroatoms. The SMILES string of the molecule is CCOc1ccc(S(=O)(=O)N2CCC[C@@H](C(=O)NCCSc3n[nH]c(-c4ccccc4)n3)C2)cc1C. The van der Waals surface area contributed by atoms with Crippen LogP contribution in [0.2, 0.25) is 0 Å². The van der Waals surface area contributed by atoms with E-state index in [0.29, 0.717) is 55.0 Å². The maximum absolute atomic E-state index is 13.2. The summed E-state index contributed by atoms with van der Waals surface area (Å²) in [6, 6.07) is 14.6. The van der Waals surface area contributed by atoms with Crippen molar-refractivity contribution < 1.29 is 17.9 Å². The number of nitrogens with zero attached hydrogens (tertiary/aromatic N) is 3. The lowest BCUT2D eigenvalue weighted by Crippen LogP contribution is -2.45. The van der Waals surface area contributed by atoms with Crippen LogP contribution in [-0.2, 0) is 14.8 Å². The molecule has 1 atom stereocenters. The summed E-state index contributed by atoms with van der Waals surface area (Å²) in [7, 11) is -3.69. The van der Waals surface area contributed by atoms with Crippen LogP contribution in [0.1, 0.15) is 25.3 Å². The summed E-state index contributed by atoms with van der Waals surface area (Å²) in [5.74, 6) is 1.48. The van der Waals surface area contributed by atoms with Gasteiger partial charge in [-0.1, -0.05) is 42.1 Å². The molecule has 0 bridgehead atoms. The lowest BCUT2D eigenvalue weighted by Gasteiger charge is -2.31. The van der Waals surface area contributed by atoms with Crippen molar-refractivity contribution in [3.63, 3.8) is 0 Å². The van der Waals surface area contributed by atoms with Crippen LogP contribution in [0.15, 0.2) is 58.6 Å². The number of H-pyrrole nitrogens is 1. The van der Waals surface area contributed by atoms with Crippen LogP contribution < -0.4 is 10.1 Å². The molecule has 0 radical (unpaired) electrons. The summed E-state index contributed by atoms with van der Waals surface area (Å²) in [5.41, 5.74) is 1.73. The van der Waals surface area contributed by atoms with Gasteiger partial charge in [0, 0.05) is 31.0 Å². The summed E-state index contributed by atoms with van der Waals surface area (Å²) in [6.07, 6.45) is 1.30. The number of rotatable bonds is 10. The van der Waals surface area contributed by atoms with Crippen molar-refractivity contribution in [1.82, 2.24) is 24.8 Å². The van der Waals surface area contributed by atoms with Gasteiger partial charge in [0.15, 0.2) is 5.82 Å². The smallest absolute Gasteiger partial charge is 0.243 e. The number of hydrogen-bond donors (Lipinski definition) is 2. The van der Waals surface area contributed by atoms with E-state index in [1.54, 1.807) is 18.2 Å². The van der Waals surface area contributed by atoms with Gasteiger partial charge in [-0.15, -0.1) is 5.10 Å². The van der Waals surface area contributed by atoms with E-state index in [2.05, 4.69) is 20.5 Å². The predicted molar refractivity (Wildman–Crippen MR) is 139 cm³/mol. The molecule has 1 aromatic heterocycles. The third kappa shape index (κ3) is 6.26. The van der Waals surface area contributed by atoms with Crippen LogP contribution in [-0.4, -0.2) is 65.8 Å². The van der Waals surface area contributed by atoms with Gasteiger partial charge in [-0.05, 0) is 50.5 Å². The van der Waals surface area contributed by atoms with E-state index >= 15 is 0 Å². The van der Waals surface area contributed by atoms with Gasteiger partial charge in [0.25, 0.3) is 0 Å². The average Bonchev–Trinajstić information content (AvgIpc) is 3.37. The Kier molecular flexibility index (Phi) is 8.65. The molecule has 2 heterocycles. The Bertz CT molecular complexity index is 1280. The quantitative estimate of drug-likeness (QED) is 0.305. The van der Waals surface area contributed by atoms with Crippen molar-refractivity contribution in [1.29, 1.82) is 0 Å². The normalized spacial score (nSPS) is 16.6. The molecular weight excluding hydrogens is 498 g/mol. The molecule has 0 unspecified atom stereocenters. The standard InChI is InChI=1S/C25H31N5O4S2/c1-3-34-22-12-11-21(16-18(22)2)36(32,33)30-14-7-10-20(17-30)24(31)26-13-15-35-25-27-23(28-29-25)19-8-5-4-6-9-19/h4-6,8-9,11-12,16,20H,3,7,10,13-15,17H2,1-2H3,(H,26,31)(H,27,28,29)/t20-/m1/s1. The zero-order valence-corrected chi connectivity index (χ0v) is 22.1. The molecule has 192 valence electrons. The number of thioether (sulfide) groups is 1. The summed E-state index contributed by atoms with van der Waals surface area (Å²) >= 11 is 1.45. The second kappa shape index (κ2) is 11.9. The molecule has 1 aliphatic rings. The summed E-state index contributed by atoms with van der Waals surface area (Å²) in [6.45, 7) is 5.26. The van der Waals surface area contributed by atoms with Gasteiger partial charge < -0.3 is 10.1 Å². The minimum atomic E-state index is -3.69. The predicted octanol–water partition coefficient (Wildman–Crippen LogP) is 3.49. The van der Waals surface area contributed by atoms with E-state index in [4.69, 9.17) is 4.74 Å². The third-order valence-corrected chi connectivity index (χ3v) is 8.69. The topological polar surface area (TPSA) is 117 Å². The van der Waals surface area contributed by atoms with E-state index < -0.39 is 10.0 Å². The lowest BCUT2D eigenvalue weighted by molar-refractivity contribution is -0.125. The van der Waals surface area contributed by atoms with E-state index in [1.807, 2.05) is 44.2 Å². The fourth-order valence-corrected chi connectivity index (χ4v) is 6.38. The van der Waals surface area contributed by atoms with E-state index in [0.717, 1.165) is 11.1 Å². The number of ether oxygens (including phenoxy) is 1. The number of aryl methyl sites for hydroxylation is 1. The van der Waals surface area contributed by atoms with Gasteiger partial charge in [0.1, 0.15) is 5.75 Å². The number of sulfonamides is 1. The molecule has 2 N–H and O–H groups in total. The Labute approximate surface area is 216 Å². The molecule has 1 fully saturated rings. The number of amides is 1. The summed E-state index contributed by atoms with van der Waals surface area (Å²) < 4.78 is 33.4. The minimum absolute atomic E-state index is 0.127. The Morgan fingerprint density at radius 2 is 2.06 bits per heavy atom. The first-order chi connectivity index (χ1) is 17.4. The van der Waals surface area contributed by atoms with Crippen molar-refractivity contribution in [2.75, 3.05) is 32.0 Å². The molecule has 3 aromatic rings. The molecule has 0 spiro atoms. The first-order valence-electron chi connectivity index (χ1n) is 12.0. The van der Waals surface area contributed by atoms with Gasteiger partial charge >= 0.3 is 0 Å². The monoisotopic (exact) mass is 529 g/mol. The third-order valence-electron chi connectivity index (χ3n) is 5.98. The molecule has 9 nitrogen and oxygen atoms in total. The Balaban J connectivity index is 1.28. The van der Waals surface area contributed by atoms with Crippen LogP contribution in [0, 0.1) is 12.8 Å². The fraction of sp³-hybridized carbons (Fsp3) is 0.400. The lowest BCUT2D eigenvalue weighted by atomic mass is 9.99. The maximum Gasteiger partial charge on any atom is 0.243 e. The molecule has 0 saturated carbocycles. The molecule has 1 aliphatic heterocycles. The van der Waals surface area contributed by atoms with Crippen molar-refractivity contribution in [3.05, 3.63) is 54.1 Å². The van der Waals surface area contributed by atoms with E-state index in [9.17, 15) is 13.2 Å². The highest BCUT2D eigenvalue weighted by molar-refractivity contribution is 7.99. The van der Waals surface area contributed by atoms with Crippen LogP contribution >= 0.6 is 11.8 Å². The maximum atomic E-state index is 13.2. The molecule has 2 aromatic carbocycles. The van der Waals surface area contributed by atoms with Gasteiger partial charge in [-0.25, -0.2) is 13.4 Å². The molecule has 0 aliphatic carbocycles. The van der Waals surface area contributed by atoms with Crippen molar-refractivity contribution in [2.45, 2.75) is 36.7 Å². The molecule has 36 heavy (non-hydrogen) atoms. The number of piperidine rings is 1. The highest BCUT2D eigenvalue weighted by Crippen LogP contribution is 2.27. The Morgan fingerprint density at radius 3 is 2.81 bits per heavy atom. The Hall–Kier alpha value is -2.89. The number of aromatic nitrogens is 3. The zero-order chi connectivity index (χ0) is 25.5. The van der Waals surface area contributed by atoms with Gasteiger partial charge in [0.05, 0.1) is 17.4 Å². The first kappa shape index (κ1) is 26.2. The summed E-state index contributed by atoms with van der Waals surface area (Å²) in [5, 5.41) is 10.7. The second-order valence-corrected chi connectivity index (χ2v) is 11.5. The molecule has 1 saturated heterocycles. The highest BCUT2D eigenvalue weighted by Gasteiger charge is 2.33. The second-order valence-electron chi connectivity index (χ2n) is 8.53.